The summed E-state index contributed by atoms with van der Waals surface area (Å²) in [5.41, 5.74) is 3.62. The van der Waals surface area contributed by atoms with Crippen LogP contribution in [-0.2, 0) is 22.3 Å². The SMILES string of the molecule is Cl.NCc1cc(NC(=O)CN2C(=O)NC3(CCCCC3)C2=O)cc(C(F)(F)F)c1. The molecule has 1 heterocycles. The Hall–Kier alpha value is -2.33. The first-order valence-corrected chi connectivity index (χ1v) is 9.00. The lowest BCUT2D eigenvalue weighted by molar-refractivity contribution is -0.137. The van der Waals surface area contributed by atoms with Crippen molar-refractivity contribution in [2.24, 2.45) is 5.73 Å². The minimum atomic E-state index is -4.59. The van der Waals surface area contributed by atoms with Gasteiger partial charge in [0.1, 0.15) is 12.1 Å². The average Bonchev–Trinajstić information content (AvgIpc) is 2.85. The fourth-order valence-corrected chi connectivity index (χ4v) is 3.70. The zero-order chi connectivity index (χ0) is 20.5. The molecule has 0 atom stereocenters. The highest BCUT2D eigenvalue weighted by Crippen LogP contribution is 2.34. The van der Waals surface area contributed by atoms with Gasteiger partial charge in [0, 0.05) is 12.2 Å². The summed E-state index contributed by atoms with van der Waals surface area (Å²) in [5, 5.41) is 5.00. The molecule has 3 rings (SSSR count). The van der Waals surface area contributed by atoms with Crippen LogP contribution in [0.5, 0.6) is 0 Å². The number of anilines is 1. The smallest absolute Gasteiger partial charge is 0.326 e. The number of hydrogen-bond donors (Lipinski definition) is 3. The summed E-state index contributed by atoms with van der Waals surface area (Å²) in [7, 11) is 0. The van der Waals surface area contributed by atoms with Crippen LogP contribution in [0.25, 0.3) is 0 Å². The van der Waals surface area contributed by atoms with Crippen LogP contribution in [0.2, 0.25) is 0 Å². The minimum Gasteiger partial charge on any atom is -0.326 e. The van der Waals surface area contributed by atoms with Crippen molar-refractivity contribution in [3.05, 3.63) is 29.3 Å². The van der Waals surface area contributed by atoms with Crippen LogP contribution in [0.4, 0.5) is 23.7 Å². The summed E-state index contributed by atoms with van der Waals surface area (Å²) >= 11 is 0. The molecule has 0 unspecified atom stereocenters. The largest absolute Gasteiger partial charge is 0.416 e. The van der Waals surface area contributed by atoms with Gasteiger partial charge in [0.25, 0.3) is 5.91 Å². The van der Waals surface area contributed by atoms with Gasteiger partial charge in [-0.3, -0.25) is 14.5 Å². The lowest BCUT2D eigenvalue weighted by Gasteiger charge is -2.30. The topological polar surface area (TPSA) is 105 Å². The van der Waals surface area contributed by atoms with Crippen molar-refractivity contribution in [2.75, 3.05) is 11.9 Å². The molecule has 2 aliphatic rings. The second kappa shape index (κ2) is 8.58. The molecule has 4 N–H and O–H groups in total. The number of halogens is 4. The zero-order valence-electron chi connectivity index (χ0n) is 15.5. The van der Waals surface area contributed by atoms with E-state index in [1.807, 2.05) is 0 Å². The maximum absolute atomic E-state index is 13.0. The number of rotatable bonds is 4. The summed E-state index contributed by atoms with van der Waals surface area (Å²) in [6.07, 6.45) is -0.976. The first-order chi connectivity index (χ1) is 13.1. The Balaban J connectivity index is 0.00000300. The predicted octanol–water partition coefficient (Wildman–Crippen LogP) is 2.78. The van der Waals surface area contributed by atoms with Crippen molar-refractivity contribution in [3.8, 4) is 0 Å². The van der Waals surface area contributed by atoms with Crippen LogP contribution >= 0.6 is 12.4 Å². The normalized spacial score (nSPS) is 18.4. The van der Waals surface area contributed by atoms with Gasteiger partial charge < -0.3 is 16.4 Å². The first-order valence-electron chi connectivity index (χ1n) is 9.00. The lowest BCUT2D eigenvalue weighted by atomic mass is 9.82. The summed E-state index contributed by atoms with van der Waals surface area (Å²) in [6, 6.07) is 2.35. The second-order valence-corrected chi connectivity index (χ2v) is 7.13. The van der Waals surface area contributed by atoms with Crippen LogP contribution in [0, 0.1) is 0 Å². The van der Waals surface area contributed by atoms with E-state index in [0.29, 0.717) is 12.8 Å². The Kier molecular flexibility index (Phi) is 6.79. The van der Waals surface area contributed by atoms with Crippen molar-refractivity contribution in [2.45, 2.75) is 50.4 Å². The van der Waals surface area contributed by atoms with E-state index in [1.165, 1.54) is 6.07 Å². The third-order valence-corrected chi connectivity index (χ3v) is 5.09. The summed E-state index contributed by atoms with van der Waals surface area (Å²) in [6.45, 7) is -0.705. The quantitative estimate of drug-likeness (QED) is 0.634. The average molecular weight is 435 g/mol. The molecule has 0 radical (unpaired) electrons. The van der Waals surface area contributed by atoms with Gasteiger partial charge in [0.2, 0.25) is 5.91 Å². The maximum atomic E-state index is 13.0. The highest BCUT2D eigenvalue weighted by atomic mass is 35.5. The Morgan fingerprint density at radius 1 is 1.17 bits per heavy atom. The van der Waals surface area contributed by atoms with Gasteiger partial charge in [-0.2, -0.15) is 13.2 Å². The molecule has 1 saturated heterocycles. The number of nitrogens with zero attached hydrogens (tertiary/aromatic N) is 1. The highest BCUT2D eigenvalue weighted by molar-refractivity contribution is 6.10. The molecular weight excluding hydrogens is 413 g/mol. The molecule has 1 aliphatic carbocycles. The van der Waals surface area contributed by atoms with Crippen molar-refractivity contribution < 1.29 is 27.6 Å². The number of amides is 4. The monoisotopic (exact) mass is 434 g/mol. The van der Waals surface area contributed by atoms with Crippen LogP contribution < -0.4 is 16.4 Å². The van der Waals surface area contributed by atoms with E-state index in [0.717, 1.165) is 36.3 Å². The molecule has 1 aromatic carbocycles. The van der Waals surface area contributed by atoms with Gasteiger partial charge >= 0.3 is 12.2 Å². The van der Waals surface area contributed by atoms with E-state index in [9.17, 15) is 27.6 Å². The van der Waals surface area contributed by atoms with Crippen LogP contribution in [0.15, 0.2) is 18.2 Å². The van der Waals surface area contributed by atoms with E-state index >= 15 is 0 Å². The molecule has 1 aliphatic heterocycles. The van der Waals surface area contributed by atoms with Crippen molar-refractivity contribution in [1.82, 2.24) is 10.2 Å². The molecular formula is C18H22ClF3N4O3. The molecule has 4 amide bonds. The highest BCUT2D eigenvalue weighted by Gasteiger charge is 2.51. The number of nitrogens with two attached hydrogens (primary N) is 1. The van der Waals surface area contributed by atoms with Crippen LogP contribution in [0.3, 0.4) is 0 Å². The Morgan fingerprint density at radius 2 is 1.83 bits per heavy atom. The molecule has 0 bridgehead atoms. The van der Waals surface area contributed by atoms with Crippen molar-refractivity contribution in [1.29, 1.82) is 0 Å². The second-order valence-electron chi connectivity index (χ2n) is 7.13. The Labute approximate surface area is 171 Å². The number of carbonyl (C=O) groups excluding carboxylic acids is 3. The zero-order valence-corrected chi connectivity index (χ0v) is 16.3. The lowest BCUT2D eigenvalue weighted by Crippen LogP contribution is -2.48. The first kappa shape index (κ1) is 23.0. The number of benzene rings is 1. The van der Waals surface area contributed by atoms with E-state index in [4.69, 9.17) is 5.73 Å². The maximum Gasteiger partial charge on any atom is 0.416 e. The van der Waals surface area contributed by atoms with Gasteiger partial charge in [0.05, 0.1) is 5.56 Å². The fraction of sp³-hybridized carbons (Fsp3) is 0.500. The standard InChI is InChI=1S/C18H21F3N4O3.ClH/c19-18(20,21)12-6-11(9-22)7-13(8-12)23-14(26)10-25-15(27)17(24-16(25)28)4-2-1-3-5-17;/h6-8H,1-5,9-10,22H2,(H,23,26)(H,24,28);1H. The van der Waals surface area contributed by atoms with E-state index in [2.05, 4.69) is 10.6 Å². The molecule has 29 heavy (non-hydrogen) atoms. The number of carbonyl (C=O) groups is 3. The summed E-state index contributed by atoms with van der Waals surface area (Å²) < 4.78 is 39.0. The van der Waals surface area contributed by atoms with E-state index in [1.54, 1.807) is 0 Å². The Morgan fingerprint density at radius 3 is 2.41 bits per heavy atom. The molecule has 1 saturated carbocycles. The molecule has 11 heteroatoms. The number of imide groups is 1. The van der Waals surface area contributed by atoms with Crippen molar-refractivity contribution >= 4 is 35.9 Å². The van der Waals surface area contributed by atoms with Gasteiger partial charge in [0.15, 0.2) is 0 Å². The van der Waals surface area contributed by atoms with Crippen LogP contribution in [0.1, 0.15) is 43.2 Å². The summed E-state index contributed by atoms with van der Waals surface area (Å²) in [5.74, 6) is -1.22. The third-order valence-electron chi connectivity index (χ3n) is 5.09. The molecule has 0 aromatic heterocycles. The molecule has 160 valence electrons. The van der Waals surface area contributed by atoms with Crippen LogP contribution in [-0.4, -0.2) is 34.8 Å². The van der Waals surface area contributed by atoms with Gasteiger partial charge in [-0.25, -0.2) is 4.79 Å². The molecule has 2 fully saturated rings. The number of alkyl halides is 3. The number of hydrogen-bond acceptors (Lipinski definition) is 4. The predicted molar refractivity (Wildman–Crippen MR) is 101 cm³/mol. The summed E-state index contributed by atoms with van der Waals surface area (Å²) in [4.78, 5) is 38.0. The van der Waals surface area contributed by atoms with Gasteiger partial charge in [-0.05, 0) is 36.6 Å². The van der Waals surface area contributed by atoms with E-state index < -0.39 is 41.7 Å². The Bertz CT molecular complexity index is 810. The van der Waals surface area contributed by atoms with Gasteiger partial charge in [-0.15, -0.1) is 12.4 Å². The molecule has 1 spiro atoms. The molecule has 7 nitrogen and oxygen atoms in total. The van der Waals surface area contributed by atoms with Crippen molar-refractivity contribution in [3.63, 3.8) is 0 Å². The number of nitrogens with one attached hydrogen (secondary N) is 2. The fourth-order valence-electron chi connectivity index (χ4n) is 3.70. The molecule has 1 aromatic rings. The van der Waals surface area contributed by atoms with Gasteiger partial charge in [-0.1, -0.05) is 19.3 Å². The van der Waals surface area contributed by atoms with E-state index in [-0.39, 0.29) is 30.2 Å². The third kappa shape index (κ3) is 4.81. The minimum absolute atomic E-state index is 0. The number of urea groups is 1.